The Morgan fingerprint density at radius 3 is 2.90 bits per heavy atom. The number of ether oxygens (including phenoxy) is 1. The number of hydrogen-bond donors (Lipinski definition) is 1. The van der Waals surface area contributed by atoms with Crippen molar-refractivity contribution < 1.29 is 23.8 Å². The van der Waals surface area contributed by atoms with Crippen LogP contribution in [-0.4, -0.2) is 49.9 Å². The third kappa shape index (κ3) is 2.52. The monoisotopic (exact) mass is 410 g/mol. The average Bonchev–Trinajstić information content (AvgIpc) is 2.62. The Morgan fingerprint density at radius 2 is 2.38 bits per heavy atom. The van der Waals surface area contributed by atoms with E-state index in [0.717, 1.165) is 17.2 Å². The summed E-state index contributed by atoms with van der Waals surface area (Å²) in [6, 6.07) is 0. The smallest absolute Gasteiger partial charge is 0.247 e. The SMILES string of the molecule is C[C@]1(N=[N+]=[N-])[C@H](N2C=CC(=O)CC2=O)O[C@](F)(CI)[C@H]1O. The Morgan fingerprint density at radius 1 is 1.71 bits per heavy atom. The molecule has 21 heavy (non-hydrogen) atoms. The van der Waals surface area contributed by atoms with E-state index in [2.05, 4.69) is 10.0 Å². The first-order valence-electron chi connectivity index (χ1n) is 5.97. The van der Waals surface area contributed by atoms with Gasteiger partial charge in [0.05, 0.1) is 10.8 Å². The van der Waals surface area contributed by atoms with Crippen molar-refractivity contribution in [2.45, 2.75) is 37.1 Å². The minimum absolute atomic E-state index is 0.219. The van der Waals surface area contributed by atoms with E-state index in [1.165, 1.54) is 6.92 Å². The molecule has 2 aliphatic heterocycles. The van der Waals surface area contributed by atoms with Crippen molar-refractivity contribution in [3.05, 3.63) is 22.7 Å². The molecule has 0 radical (unpaired) electrons. The Balaban J connectivity index is 2.46. The summed E-state index contributed by atoms with van der Waals surface area (Å²) in [6.45, 7) is 1.30. The highest BCUT2D eigenvalue weighted by molar-refractivity contribution is 14.1. The van der Waals surface area contributed by atoms with Crippen LogP contribution < -0.4 is 0 Å². The van der Waals surface area contributed by atoms with Gasteiger partial charge in [-0.05, 0) is 18.5 Å². The first kappa shape index (κ1) is 16.1. The molecular weight excluding hydrogens is 398 g/mol. The Hall–Kier alpha value is -1.23. The Kier molecular flexibility index (Phi) is 4.24. The summed E-state index contributed by atoms with van der Waals surface area (Å²) in [4.78, 5) is 26.7. The van der Waals surface area contributed by atoms with Gasteiger partial charge in [0.1, 0.15) is 11.6 Å². The maximum Gasteiger partial charge on any atom is 0.247 e. The molecule has 0 unspecified atom stereocenters. The van der Waals surface area contributed by atoms with Crippen LogP contribution in [0.4, 0.5) is 4.39 Å². The van der Waals surface area contributed by atoms with Gasteiger partial charge < -0.3 is 9.84 Å². The molecule has 0 bridgehead atoms. The molecule has 0 aliphatic carbocycles. The van der Waals surface area contributed by atoms with Crippen molar-refractivity contribution >= 4 is 34.3 Å². The van der Waals surface area contributed by atoms with E-state index < -0.39 is 29.6 Å². The summed E-state index contributed by atoms with van der Waals surface area (Å²) in [5.41, 5.74) is 6.96. The zero-order valence-electron chi connectivity index (χ0n) is 10.9. The van der Waals surface area contributed by atoms with Gasteiger partial charge in [-0.15, -0.1) is 0 Å². The number of azide groups is 1. The summed E-state index contributed by atoms with van der Waals surface area (Å²) >= 11 is 1.69. The number of rotatable bonds is 3. The molecule has 1 amide bonds. The lowest BCUT2D eigenvalue weighted by Gasteiger charge is -2.34. The zero-order valence-corrected chi connectivity index (χ0v) is 13.1. The fraction of sp³-hybridized carbons (Fsp3) is 0.636. The topological polar surface area (TPSA) is 116 Å². The minimum Gasteiger partial charge on any atom is -0.386 e. The van der Waals surface area contributed by atoms with Gasteiger partial charge in [0.2, 0.25) is 11.8 Å². The molecule has 0 aromatic heterocycles. The standard InChI is InChI=1S/C11H12FIN4O4/c1-10(15-16-14)8(20)11(12,5-13)21-9(10)17-3-2-6(18)4-7(17)19/h2-3,8-9,20H,4-5H2,1H3/t8-,9+,10+,11+/m0/s1. The molecule has 2 heterocycles. The molecule has 1 N–H and O–H groups in total. The summed E-state index contributed by atoms with van der Waals surface area (Å²) < 4.78 is 19.5. The maximum absolute atomic E-state index is 14.6. The fourth-order valence-corrected chi connectivity index (χ4v) is 2.94. The molecule has 0 aromatic rings. The second-order valence-electron chi connectivity index (χ2n) is 4.97. The van der Waals surface area contributed by atoms with Crippen molar-refractivity contribution in [2.75, 3.05) is 4.43 Å². The second-order valence-corrected chi connectivity index (χ2v) is 5.73. The minimum atomic E-state index is -2.45. The largest absolute Gasteiger partial charge is 0.386 e. The quantitative estimate of drug-likeness (QED) is 0.188. The number of carbonyl (C=O) groups is 2. The van der Waals surface area contributed by atoms with Crippen molar-refractivity contribution in [1.29, 1.82) is 0 Å². The summed E-state index contributed by atoms with van der Waals surface area (Å²) in [6.07, 6.45) is -1.17. The zero-order chi connectivity index (χ0) is 15.8. The molecule has 10 heteroatoms. The van der Waals surface area contributed by atoms with Gasteiger partial charge in [-0.2, -0.15) is 0 Å². The van der Waals surface area contributed by atoms with Crippen LogP contribution >= 0.6 is 22.6 Å². The van der Waals surface area contributed by atoms with Crippen LogP contribution in [0.15, 0.2) is 17.4 Å². The number of allylic oxidation sites excluding steroid dienone is 1. The number of halogens is 2. The number of alkyl halides is 2. The number of carbonyl (C=O) groups excluding carboxylic acids is 2. The van der Waals surface area contributed by atoms with E-state index >= 15 is 0 Å². The van der Waals surface area contributed by atoms with E-state index in [1.54, 1.807) is 22.6 Å². The van der Waals surface area contributed by atoms with Gasteiger partial charge in [-0.3, -0.25) is 14.5 Å². The van der Waals surface area contributed by atoms with Gasteiger partial charge >= 0.3 is 0 Å². The molecule has 0 aromatic carbocycles. The van der Waals surface area contributed by atoms with Crippen LogP contribution in [-0.2, 0) is 14.3 Å². The van der Waals surface area contributed by atoms with Gasteiger partial charge in [0, 0.05) is 11.1 Å². The molecule has 114 valence electrons. The average molecular weight is 410 g/mol. The fourth-order valence-electron chi connectivity index (χ4n) is 2.34. The molecule has 4 atom stereocenters. The second kappa shape index (κ2) is 5.52. The number of ketones is 1. The van der Waals surface area contributed by atoms with Crippen molar-refractivity contribution in [3.63, 3.8) is 0 Å². The third-order valence-electron chi connectivity index (χ3n) is 3.50. The number of aliphatic hydroxyl groups excluding tert-OH is 1. The first-order chi connectivity index (χ1) is 9.78. The summed E-state index contributed by atoms with van der Waals surface area (Å²) in [5.74, 6) is -3.46. The van der Waals surface area contributed by atoms with E-state index in [4.69, 9.17) is 10.3 Å². The lowest BCUT2D eigenvalue weighted by molar-refractivity contribution is -0.181. The Labute approximate surface area is 132 Å². The van der Waals surface area contributed by atoms with E-state index in [0.29, 0.717) is 0 Å². The van der Waals surface area contributed by atoms with Crippen molar-refractivity contribution in [2.24, 2.45) is 5.11 Å². The van der Waals surface area contributed by atoms with Crippen LogP contribution in [0.2, 0.25) is 0 Å². The van der Waals surface area contributed by atoms with Gasteiger partial charge in [0.15, 0.2) is 12.0 Å². The molecular formula is C11H12FIN4O4. The number of nitrogens with zero attached hydrogens (tertiary/aromatic N) is 4. The predicted molar refractivity (Wildman–Crippen MR) is 76.8 cm³/mol. The van der Waals surface area contributed by atoms with Gasteiger partial charge in [-0.25, -0.2) is 4.39 Å². The highest BCUT2D eigenvalue weighted by Crippen LogP contribution is 2.45. The molecule has 1 fully saturated rings. The third-order valence-corrected chi connectivity index (χ3v) is 4.54. The summed E-state index contributed by atoms with van der Waals surface area (Å²) in [7, 11) is 0. The van der Waals surface area contributed by atoms with Gasteiger partial charge in [0.25, 0.3) is 0 Å². The lowest BCUT2D eigenvalue weighted by atomic mass is 9.91. The highest BCUT2D eigenvalue weighted by atomic mass is 127. The Bertz CT molecular complexity index is 566. The predicted octanol–water partition coefficient (Wildman–Crippen LogP) is 1.19. The van der Waals surface area contributed by atoms with Crippen LogP contribution in [0.5, 0.6) is 0 Å². The molecule has 0 spiro atoms. The molecule has 2 aliphatic rings. The lowest BCUT2D eigenvalue weighted by Crippen LogP contribution is -2.53. The van der Waals surface area contributed by atoms with Crippen LogP contribution in [0.3, 0.4) is 0 Å². The summed E-state index contributed by atoms with van der Waals surface area (Å²) in [5, 5.41) is 13.6. The maximum atomic E-state index is 14.6. The molecule has 2 rings (SSSR count). The number of amides is 1. The van der Waals surface area contributed by atoms with E-state index in [1.807, 2.05) is 0 Å². The first-order valence-corrected chi connectivity index (χ1v) is 7.50. The van der Waals surface area contributed by atoms with Crippen LogP contribution in [0.1, 0.15) is 13.3 Å². The van der Waals surface area contributed by atoms with Crippen LogP contribution in [0, 0.1) is 0 Å². The van der Waals surface area contributed by atoms with E-state index in [-0.39, 0.29) is 16.6 Å². The van der Waals surface area contributed by atoms with E-state index in [9.17, 15) is 19.1 Å². The normalized spacial score (nSPS) is 39.5. The number of aliphatic hydroxyl groups is 1. The van der Waals surface area contributed by atoms with Gasteiger partial charge in [-0.1, -0.05) is 27.7 Å². The van der Waals surface area contributed by atoms with Crippen molar-refractivity contribution in [1.82, 2.24) is 4.90 Å². The molecule has 8 nitrogen and oxygen atoms in total. The molecule has 1 saturated heterocycles. The highest BCUT2D eigenvalue weighted by Gasteiger charge is 2.64. The van der Waals surface area contributed by atoms with Crippen LogP contribution in [0.25, 0.3) is 10.4 Å². The number of hydrogen-bond acceptors (Lipinski definition) is 5. The van der Waals surface area contributed by atoms with Crippen molar-refractivity contribution in [3.8, 4) is 0 Å². The molecule has 0 saturated carbocycles.